The van der Waals surface area contributed by atoms with Gasteiger partial charge in [-0.3, -0.25) is 0 Å². The molecule has 0 bridgehead atoms. The van der Waals surface area contributed by atoms with Crippen LogP contribution in [0, 0.1) is 0 Å². The Kier molecular flexibility index (Phi) is 4.89. The zero-order valence-electron chi connectivity index (χ0n) is 15.3. The molecule has 4 rings (SSSR count). The molecule has 2 aromatic rings. The first kappa shape index (κ1) is 17.0. The van der Waals surface area contributed by atoms with Gasteiger partial charge in [0.1, 0.15) is 5.82 Å². The van der Waals surface area contributed by atoms with Gasteiger partial charge in [0.15, 0.2) is 0 Å². The van der Waals surface area contributed by atoms with Crippen molar-refractivity contribution in [2.24, 2.45) is 0 Å². The summed E-state index contributed by atoms with van der Waals surface area (Å²) < 4.78 is 5.69. The Balaban J connectivity index is 1.55. The van der Waals surface area contributed by atoms with E-state index in [-0.39, 0.29) is 0 Å². The average molecular weight is 350 g/mol. The third-order valence-corrected chi connectivity index (χ3v) is 5.16. The van der Waals surface area contributed by atoms with Gasteiger partial charge in [0.05, 0.1) is 12.3 Å². The standard InChI is InChI=1S/C21H26N4O/c1-2-3-10-26-21-24-19-16(6-7-18(19)20(22)25-21)11-14-4-5-15-8-9-23-13-17(15)12-14/h4-6,12,23H,2-3,7-11,13H2,1H3,(H2,22,24,25). The molecule has 3 N–H and O–H groups in total. The Hall–Kier alpha value is -2.40. The van der Waals surface area contributed by atoms with Crippen molar-refractivity contribution < 1.29 is 4.74 Å². The lowest BCUT2D eigenvalue weighted by Gasteiger charge is -2.18. The van der Waals surface area contributed by atoms with Crippen LogP contribution in [0.1, 0.15) is 47.7 Å². The van der Waals surface area contributed by atoms with E-state index >= 15 is 0 Å². The zero-order chi connectivity index (χ0) is 17.9. The molecule has 1 aliphatic heterocycles. The highest BCUT2D eigenvalue weighted by molar-refractivity contribution is 5.75. The molecule has 0 saturated carbocycles. The molecule has 0 fully saturated rings. The number of benzene rings is 1. The molecule has 0 spiro atoms. The molecule has 0 radical (unpaired) electrons. The van der Waals surface area contributed by atoms with Crippen molar-refractivity contribution in [3.05, 3.63) is 52.2 Å². The van der Waals surface area contributed by atoms with E-state index in [0.29, 0.717) is 18.4 Å². The van der Waals surface area contributed by atoms with E-state index < -0.39 is 0 Å². The van der Waals surface area contributed by atoms with E-state index in [0.717, 1.165) is 56.5 Å². The predicted octanol–water partition coefficient (Wildman–Crippen LogP) is 3.07. The molecule has 0 unspecified atom stereocenters. The monoisotopic (exact) mass is 350 g/mol. The Bertz CT molecular complexity index is 844. The molecule has 0 atom stereocenters. The molecule has 2 heterocycles. The van der Waals surface area contributed by atoms with Crippen LogP contribution in [-0.4, -0.2) is 23.1 Å². The number of hydrogen-bond donors (Lipinski definition) is 2. The lowest BCUT2D eigenvalue weighted by Crippen LogP contribution is -2.23. The normalized spacial score (nSPS) is 15.3. The first-order chi connectivity index (χ1) is 12.7. The van der Waals surface area contributed by atoms with Crippen LogP contribution >= 0.6 is 0 Å². The minimum Gasteiger partial charge on any atom is -0.463 e. The van der Waals surface area contributed by atoms with Crippen LogP contribution in [0.5, 0.6) is 6.01 Å². The SMILES string of the molecule is CCCCOc1nc(N)c2c(n1)C(Cc1ccc3c(c1)CNCC3)=CC2. The zero-order valence-corrected chi connectivity index (χ0v) is 15.3. The fourth-order valence-corrected chi connectivity index (χ4v) is 3.66. The highest BCUT2D eigenvalue weighted by atomic mass is 16.5. The van der Waals surface area contributed by atoms with Gasteiger partial charge >= 0.3 is 6.01 Å². The van der Waals surface area contributed by atoms with Gasteiger partial charge in [0.2, 0.25) is 0 Å². The molecule has 1 aromatic heterocycles. The summed E-state index contributed by atoms with van der Waals surface area (Å²) in [6.45, 7) is 4.80. The summed E-state index contributed by atoms with van der Waals surface area (Å²) >= 11 is 0. The van der Waals surface area contributed by atoms with Crippen molar-refractivity contribution in [1.29, 1.82) is 0 Å². The maximum absolute atomic E-state index is 6.15. The van der Waals surface area contributed by atoms with Crippen molar-refractivity contribution in [1.82, 2.24) is 15.3 Å². The second-order valence-corrected chi connectivity index (χ2v) is 7.06. The highest BCUT2D eigenvalue weighted by Crippen LogP contribution is 2.33. The van der Waals surface area contributed by atoms with Gasteiger partial charge in [-0.1, -0.05) is 37.6 Å². The Morgan fingerprint density at radius 3 is 3.04 bits per heavy atom. The quantitative estimate of drug-likeness (QED) is 0.783. The number of rotatable bonds is 6. The summed E-state index contributed by atoms with van der Waals surface area (Å²) in [5.41, 5.74) is 13.6. The Morgan fingerprint density at radius 2 is 2.15 bits per heavy atom. The number of nitrogen functional groups attached to an aromatic ring is 1. The van der Waals surface area contributed by atoms with Gasteiger partial charge in [-0.2, -0.15) is 9.97 Å². The van der Waals surface area contributed by atoms with E-state index in [9.17, 15) is 0 Å². The topological polar surface area (TPSA) is 73.1 Å². The predicted molar refractivity (Wildman–Crippen MR) is 104 cm³/mol. The van der Waals surface area contributed by atoms with Crippen LogP contribution in [0.25, 0.3) is 5.57 Å². The van der Waals surface area contributed by atoms with Crippen LogP contribution in [0.4, 0.5) is 5.82 Å². The van der Waals surface area contributed by atoms with Crippen LogP contribution in [0.2, 0.25) is 0 Å². The largest absolute Gasteiger partial charge is 0.463 e. The number of ether oxygens (including phenoxy) is 1. The number of anilines is 1. The van der Waals surface area contributed by atoms with Crippen LogP contribution in [0.15, 0.2) is 24.3 Å². The molecule has 5 nitrogen and oxygen atoms in total. The molecular formula is C21H26N4O. The van der Waals surface area contributed by atoms with Crippen LogP contribution in [0.3, 0.4) is 0 Å². The summed E-state index contributed by atoms with van der Waals surface area (Å²) in [6.07, 6.45) is 7.08. The number of aromatic nitrogens is 2. The minimum absolute atomic E-state index is 0.400. The molecule has 26 heavy (non-hydrogen) atoms. The molecule has 1 aliphatic carbocycles. The van der Waals surface area contributed by atoms with Crippen LogP contribution in [-0.2, 0) is 25.8 Å². The third kappa shape index (κ3) is 3.44. The van der Waals surface area contributed by atoms with E-state index in [1.807, 2.05) is 0 Å². The molecule has 2 aliphatic rings. The van der Waals surface area contributed by atoms with Gasteiger partial charge in [0, 0.05) is 12.1 Å². The third-order valence-electron chi connectivity index (χ3n) is 5.16. The van der Waals surface area contributed by atoms with Crippen molar-refractivity contribution in [2.75, 3.05) is 18.9 Å². The first-order valence-electron chi connectivity index (χ1n) is 9.54. The second kappa shape index (κ2) is 7.46. The fraction of sp³-hybridized carbons (Fsp3) is 0.429. The van der Waals surface area contributed by atoms with Gasteiger partial charge < -0.3 is 15.8 Å². The Morgan fingerprint density at radius 1 is 1.23 bits per heavy atom. The van der Waals surface area contributed by atoms with E-state index in [1.54, 1.807) is 0 Å². The summed E-state index contributed by atoms with van der Waals surface area (Å²) in [7, 11) is 0. The number of allylic oxidation sites excluding steroid dienone is 2. The van der Waals surface area contributed by atoms with Gasteiger partial charge in [-0.05, 0) is 54.5 Å². The van der Waals surface area contributed by atoms with Crippen molar-refractivity contribution >= 4 is 11.4 Å². The Labute approximate surface area is 154 Å². The molecule has 0 amide bonds. The van der Waals surface area contributed by atoms with E-state index in [4.69, 9.17) is 10.5 Å². The molecular weight excluding hydrogens is 324 g/mol. The lowest BCUT2D eigenvalue weighted by atomic mass is 9.95. The second-order valence-electron chi connectivity index (χ2n) is 7.06. The van der Waals surface area contributed by atoms with Gasteiger partial charge in [0.25, 0.3) is 0 Å². The number of hydrogen-bond acceptors (Lipinski definition) is 5. The van der Waals surface area contributed by atoms with E-state index in [2.05, 4.69) is 46.5 Å². The maximum Gasteiger partial charge on any atom is 0.318 e. The van der Waals surface area contributed by atoms with Gasteiger partial charge in [-0.15, -0.1) is 0 Å². The van der Waals surface area contributed by atoms with E-state index in [1.165, 1.54) is 22.3 Å². The highest BCUT2D eigenvalue weighted by Gasteiger charge is 2.21. The average Bonchev–Trinajstić information content (AvgIpc) is 3.05. The molecule has 1 aromatic carbocycles. The fourth-order valence-electron chi connectivity index (χ4n) is 3.66. The maximum atomic E-state index is 6.15. The number of nitrogens with zero attached hydrogens (tertiary/aromatic N) is 2. The van der Waals surface area contributed by atoms with Crippen molar-refractivity contribution in [3.8, 4) is 6.01 Å². The number of fused-ring (bicyclic) bond motifs is 2. The number of unbranched alkanes of at least 4 members (excludes halogenated alkanes) is 1. The first-order valence-corrected chi connectivity index (χ1v) is 9.54. The molecule has 136 valence electrons. The van der Waals surface area contributed by atoms with Crippen molar-refractivity contribution in [3.63, 3.8) is 0 Å². The lowest BCUT2D eigenvalue weighted by molar-refractivity contribution is 0.285. The molecule has 5 heteroatoms. The van der Waals surface area contributed by atoms with Crippen LogP contribution < -0.4 is 15.8 Å². The molecule has 0 saturated heterocycles. The van der Waals surface area contributed by atoms with Gasteiger partial charge in [-0.25, -0.2) is 0 Å². The summed E-state index contributed by atoms with van der Waals surface area (Å²) in [5.74, 6) is 0.544. The number of nitrogens with one attached hydrogen (secondary N) is 1. The number of nitrogens with two attached hydrogens (primary N) is 1. The summed E-state index contributed by atoms with van der Waals surface area (Å²) in [4.78, 5) is 8.98. The minimum atomic E-state index is 0.400. The van der Waals surface area contributed by atoms with Crippen molar-refractivity contribution in [2.45, 2.75) is 45.6 Å². The summed E-state index contributed by atoms with van der Waals surface area (Å²) in [6, 6.07) is 7.24. The smallest absolute Gasteiger partial charge is 0.318 e. The summed E-state index contributed by atoms with van der Waals surface area (Å²) in [5, 5.41) is 3.45.